The van der Waals surface area contributed by atoms with Gasteiger partial charge < -0.3 is 10.3 Å². The molecule has 7 aromatic rings. The Morgan fingerprint density at radius 2 is 1.48 bits per heavy atom. The Hall–Kier alpha value is -5.07. The number of hydrogen-bond acceptors (Lipinski definition) is 3. The molecule has 5 nitrogen and oxygen atoms in total. The van der Waals surface area contributed by atoms with E-state index < -0.39 is 0 Å². The molecule has 3 aromatic heterocycles. The molecule has 0 unspecified atom stereocenters. The van der Waals surface area contributed by atoms with Crippen LogP contribution in [0.2, 0.25) is 0 Å². The van der Waals surface area contributed by atoms with Gasteiger partial charge in [-0.3, -0.25) is 5.10 Å². The van der Waals surface area contributed by atoms with Crippen LogP contribution in [-0.2, 0) is 13.1 Å². The number of hydrogen-bond donors (Lipinski definition) is 3. The molecule has 0 aliphatic carbocycles. The minimum Gasteiger partial charge on any atom is -0.353 e. The highest BCUT2D eigenvalue weighted by Gasteiger charge is 2.15. The van der Waals surface area contributed by atoms with E-state index in [1.807, 2.05) is 42.5 Å². The lowest BCUT2D eigenvalue weighted by atomic mass is 10.0. The average molecular weight is 524 g/mol. The van der Waals surface area contributed by atoms with Crippen molar-refractivity contribution in [3.8, 4) is 33.8 Å². The summed E-state index contributed by atoms with van der Waals surface area (Å²) >= 11 is 0. The van der Waals surface area contributed by atoms with Crippen molar-refractivity contribution in [1.82, 2.24) is 25.5 Å². The van der Waals surface area contributed by atoms with E-state index in [9.17, 15) is 4.39 Å². The Kier molecular flexibility index (Phi) is 6.15. The number of aromatic amines is 2. The summed E-state index contributed by atoms with van der Waals surface area (Å²) in [6.45, 7) is 1.59. The largest absolute Gasteiger partial charge is 0.353 e. The van der Waals surface area contributed by atoms with E-state index in [4.69, 9.17) is 4.98 Å². The molecular formula is C34H26FN5. The van der Waals surface area contributed by atoms with Gasteiger partial charge >= 0.3 is 0 Å². The molecule has 0 aliphatic rings. The molecule has 7 rings (SSSR count). The van der Waals surface area contributed by atoms with Crippen LogP contribution >= 0.6 is 0 Å². The number of halogens is 1. The minimum absolute atomic E-state index is 0.253. The van der Waals surface area contributed by atoms with Crippen LogP contribution in [0, 0.1) is 5.82 Å². The Balaban J connectivity index is 1.20. The summed E-state index contributed by atoms with van der Waals surface area (Å²) in [7, 11) is 0. The van der Waals surface area contributed by atoms with Crippen LogP contribution in [0.3, 0.4) is 0 Å². The summed E-state index contributed by atoms with van der Waals surface area (Å²) in [5.41, 5.74) is 10.4. The molecule has 3 heterocycles. The summed E-state index contributed by atoms with van der Waals surface area (Å²) in [5, 5.41) is 12.3. The Morgan fingerprint density at radius 1 is 0.675 bits per heavy atom. The predicted molar refractivity (Wildman–Crippen MR) is 159 cm³/mol. The molecule has 0 bridgehead atoms. The third-order valence-electron chi connectivity index (χ3n) is 7.19. The van der Waals surface area contributed by atoms with Gasteiger partial charge in [0.15, 0.2) is 0 Å². The van der Waals surface area contributed by atoms with E-state index in [-0.39, 0.29) is 5.82 Å². The summed E-state index contributed by atoms with van der Waals surface area (Å²) < 4.78 is 14.0. The third kappa shape index (κ3) is 4.65. The molecule has 0 amide bonds. The van der Waals surface area contributed by atoms with Gasteiger partial charge in [0.2, 0.25) is 0 Å². The van der Waals surface area contributed by atoms with Gasteiger partial charge in [-0.25, -0.2) is 9.37 Å². The number of benzene rings is 4. The maximum atomic E-state index is 14.0. The molecule has 0 fully saturated rings. The maximum Gasteiger partial charge on any atom is 0.135 e. The van der Waals surface area contributed by atoms with Crippen molar-refractivity contribution >= 4 is 21.9 Å². The van der Waals surface area contributed by atoms with Gasteiger partial charge in [-0.15, -0.1) is 0 Å². The topological polar surface area (TPSA) is 69.4 Å². The van der Waals surface area contributed by atoms with Crippen LogP contribution in [0.25, 0.3) is 55.7 Å². The number of nitrogens with zero attached hydrogens (tertiary/aromatic N) is 2. The predicted octanol–water partition coefficient (Wildman–Crippen LogP) is 7.87. The summed E-state index contributed by atoms with van der Waals surface area (Å²) in [6.07, 6.45) is 0. The van der Waals surface area contributed by atoms with E-state index in [1.165, 1.54) is 17.2 Å². The zero-order valence-corrected chi connectivity index (χ0v) is 21.7. The van der Waals surface area contributed by atoms with Crippen LogP contribution in [0.1, 0.15) is 11.1 Å². The highest BCUT2D eigenvalue weighted by Crippen LogP contribution is 2.34. The van der Waals surface area contributed by atoms with Gasteiger partial charge in [0, 0.05) is 29.6 Å². The molecule has 0 spiro atoms. The normalized spacial score (nSPS) is 11.4. The van der Waals surface area contributed by atoms with Gasteiger partial charge in [0.1, 0.15) is 17.0 Å². The molecule has 0 saturated carbocycles. The van der Waals surface area contributed by atoms with Crippen molar-refractivity contribution in [3.63, 3.8) is 0 Å². The fraction of sp³-hybridized carbons (Fsp3) is 0.0588. The highest BCUT2D eigenvalue weighted by molar-refractivity contribution is 6.00. The highest BCUT2D eigenvalue weighted by atomic mass is 19.1. The third-order valence-corrected chi connectivity index (χ3v) is 7.19. The Labute approximate surface area is 230 Å². The van der Waals surface area contributed by atoms with Crippen LogP contribution in [0.15, 0.2) is 115 Å². The monoisotopic (exact) mass is 523 g/mol. The number of aromatic nitrogens is 4. The van der Waals surface area contributed by atoms with Gasteiger partial charge in [-0.2, -0.15) is 5.10 Å². The first-order valence-electron chi connectivity index (χ1n) is 13.3. The van der Waals surface area contributed by atoms with Crippen LogP contribution in [0.4, 0.5) is 4.39 Å². The lowest BCUT2D eigenvalue weighted by molar-refractivity contribution is 0.628. The lowest BCUT2D eigenvalue weighted by Crippen LogP contribution is -2.12. The first kappa shape index (κ1) is 24.0. The molecule has 3 N–H and O–H groups in total. The summed E-state index contributed by atoms with van der Waals surface area (Å²) in [6, 6.07) is 37.7. The minimum atomic E-state index is -0.253. The van der Waals surface area contributed by atoms with E-state index in [1.54, 1.807) is 12.1 Å². The molecule has 40 heavy (non-hydrogen) atoms. The quantitative estimate of drug-likeness (QED) is 0.199. The van der Waals surface area contributed by atoms with Gasteiger partial charge in [0.25, 0.3) is 0 Å². The van der Waals surface area contributed by atoms with E-state index in [0.717, 1.165) is 68.8 Å². The van der Waals surface area contributed by atoms with Crippen molar-refractivity contribution < 1.29 is 4.39 Å². The van der Waals surface area contributed by atoms with Crippen LogP contribution < -0.4 is 5.32 Å². The van der Waals surface area contributed by atoms with Crippen LogP contribution in [0.5, 0.6) is 0 Å². The zero-order chi connectivity index (χ0) is 26.9. The van der Waals surface area contributed by atoms with Crippen molar-refractivity contribution in [2.75, 3.05) is 0 Å². The Bertz CT molecular complexity index is 1950. The fourth-order valence-corrected chi connectivity index (χ4v) is 5.23. The SMILES string of the molecule is Fc1cccc(-c2cccc3[nH]c(-c4n[nH]c5ccc(-c6cccc(CNCc7ccccc7)c6)nc45)cc23)c1. The first-order chi connectivity index (χ1) is 19.7. The summed E-state index contributed by atoms with van der Waals surface area (Å²) in [5.74, 6) is -0.253. The average Bonchev–Trinajstić information content (AvgIpc) is 3.62. The number of pyridine rings is 1. The standard InChI is InChI=1S/C34H26FN5/c35-26-12-5-10-24(18-26)27-13-6-14-30-28(27)19-32(37-30)34-33-31(39-40-34)16-15-29(38-33)25-11-4-9-23(17-25)21-36-20-22-7-2-1-3-8-22/h1-19,36-37H,20-21H2,(H,39,40). The van der Waals surface area contributed by atoms with Gasteiger partial charge in [0.05, 0.1) is 16.9 Å². The van der Waals surface area contributed by atoms with Crippen molar-refractivity contribution in [3.05, 3.63) is 132 Å². The number of H-pyrrole nitrogens is 2. The second-order valence-corrected chi connectivity index (χ2v) is 9.91. The molecule has 0 radical (unpaired) electrons. The molecule has 0 atom stereocenters. The first-order valence-corrected chi connectivity index (χ1v) is 13.3. The van der Waals surface area contributed by atoms with Crippen molar-refractivity contribution in [2.24, 2.45) is 0 Å². The molecule has 6 heteroatoms. The van der Waals surface area contributed by atoms with E-state index >= 15 is 0 Å². The molecule has 194 valence electrons. The Morgan fingerprint density at radius 3 is 2.38 bits per heavy atom. The molecule has 4 aromatic carbocycles. The smallest absolute Gasteiger partial charge is 0.135 e. The van der Waals surface area contributed by atoms with Crippen LogP contribution in [-0.4, -0.2) is 20.2 Å². The fourth-order valence-electron chi connectivity index (χ4n) is 5.23. The number of rotatable bonds is 7. The van der Waals surface area contributed by atoms with E-state index in [2.05, 4.69) is 75.1 Å². The second kappa shape index (κ2) is 10.2. The van der Waals surface area contributed by atoms with Crippen molar-refractivity contribution in [1.29, 1.82) is 0 Å². The lowest BCUT2D eigenvalue weighted by Gasteiger charge is -2.08. The molecule has 0 aliphatic heterocycles. The van der Waals surface area contributed by atoms with Gasteiger partial charge in [-0.1, -0.05) is 72.8 Å². The van der Waals surface area contributed by atoms with E-state index in [0.29, 0.717) is 0 Å². The maximum absolute atomic E-state index is 14.0. The molecule has 0 saturated heterocycles. The van der Waals surface area contributed by atoms with Gasteiger partial charge in [-0.05, 0) is 64.7 Å². The number of fused-ring (bicyclic) bond motifs is 2. The molecular weight excluding hydrogens is 497 g/mol. The summed E-state index contributed by atoms with van der Waals surface area (Å²) in [4.78, 5) is 8.52. The zero-order valence-electron chi connectivity index (χ0n) is 21.7. The second-order valence-electron chi connectivity index (χ2n) is 9.91. The number of nitrogens with one attached hydrogen (secondary N) is 3. The van der Waals surface area contributed by atoms with Crippen molar-refractivity contribution in [2.45, 2.75) is 13.1 Å².